The summed E-state index contributed by atoms with van der Waals surface area (Å²) in [6.45, 7) is 2.15. The molecule has 0 aliphatic carbocycles. The molecule has 1 rings (SSSR count). The highest BCUT2D eigenvalue weighted by atomic mass is 32.1. The van der Waals surface area contributed by atoms with E-state index in [9.17, 15) is 4.79 Å². The smallest absolute Gasteiger partial charge is 0.150 e. The number of hydrogen-bond acceptors (Lipinski definition) is 2. The average Bonchev–Trinajstić information content (AvgIpc) is 2.65. The molecule has 0 saturated carbocycles. The van der Waals surface area contributed by atoms with Crippen molar-refractivity contribution >= 4 is 23.2 Å². The second-order valence-corrected chi connectivity index (χ2v) is 3.71. The Kier molecular flexibility index (Phi) is 4.47. The van der Waals surface area contributed by atoms with Crippen LogP contribution in [-0.4, -0.2) is 6.29 Å². The van der Waals surface area contributed by atoms with Crippen LogP contribution in [0.3, 0.4) is 0 Å². The molecule has 0 fully saturated rings. The van der Waals surface area contributed by atoms with E-state index in [1.165, 1.54) is 6.42 Å². The first-order valence-corrected chi connectivity index (χ1v) is 5.50. The van der Waals surface area contributed by atoms with Gasteiger partial charge in [-0.1, -0.05) is 25.8 Å². The standard InChI is InChI=1S/C11H14OS/c1-2-3-4-5-10(8-12)11-6-7-13-9-11/h5-9H,2-4H2,1H3/b10-5+. The molecule has 2 heteroatoms. The molecule has 0 spiro atoms. The van der Waals surface area contributed by atoms with Crippen LogP contribution in [0.1, 0.15) is 31.7 Å². The predicted molar refractivity (Wildman–Crippen MR) is 57.9 cm³/mol. The van der Waals surface area contributed by atoms with E-state index in [1.807, 2.05) is 22.9 Å². The fraction of sp³-hybridized carbons (Fsp3) is 0.364. The SMILES string of the molecule is CCCC/C=C(\C=O)c1ccsc1. The van der Waals surface area contributed by atoms with Gasteiger partial charge in [-0.15, -0.1) is 0 Å². The maximum atomic E-state index is 10.7. The summed E-state index contributed by atoms with van der Waals surface area (Å²) in [5, 5.41) is 4.00. The summed E-state index contributed by atoms with van der Waals surface area (Å²) in [6.07, 6.45) is 6.30. The minimum atomic E-state index is 0.828. The maximum absolute atomic E-state index is 10.7. The van der Waals surface area contributed by atoms with Crippen LogP contribution in [0.4, 0.5) is 0 Å². The third-order valence-corrected chi connectivity index (χ3v) is 2.59. The van der Waals surface area contributed by atoms with Gasteiger partial charge in [0.1, 0.15) is 6.29 Å². The van der Waals surface area contributed by atoms with E-state index < -0.39 is 0 Å². The van der Waals surface area contributed by atoms with Gasteiger partial charge in [-0.25, -0.2) is 0 Å². The van der Waals surface area contributed by atoms with E-state index >= 15 is 0 Å². The normalized spacial score (nSPS) is 11.6. The first-order valence-electron chi connectivity index (χ1n) is 4.56. The summed E-state index contributed by atoms with van der Waals surface area (Å²) in [4.78, 5) is 10.7. The first-order chi connectivity index (χ1) is 6.38. The summed E-state index contributed by atoms with van der Waals surface area (Å²) >= 11 is 1.62. The Bertz CT molecular complexity index is 272. The lowest BCUT2D eigenvalue weighted by molar-refractivity contribution is -0.103. The number of carbonyl (C=O) groups excluding carboxylic acids is 1. The van der Waals surface area contributed by atoms with Crippen LogP contribution in [0.5, 0.6) is 0 Å². The van der Waals surface area contributed by atoms with E-state index in [4.69, 9.17) is 0 Å². The van der Waals surface area contributed by atoms with E-state index in [0.29, 0.717) is 0 Å². The third-order valence-electron chi connectivity index (χ3n) is 1.90. The molecule has 0 bridgehead atoms. The van der Waals surface area contributed by atoms with Gasteiger partial charge in [-0.2, -0.15) is 11.3 Å². The lowest BCUT2D eigenvalue weighted by Crippen LogP contribution is -1.82. The maximum Gasteiger partial charge on any atom is 0.150 e. The molecule has 1 nitrogen and oxygen atoms in total. The van der Waals surface area contributed by atoms with Crippen molar-refractivity contribution in [3.05, 3.63) is 28.5 Å². The Morgan fingerprint density at radius 3 is 3.00 bits per heavy atom. The van der Waals surface area contributed by atoms with Crippen molar-refractivity contribution in [2.75, 3.05) is 0 Å². The first kappa shape index (κ1) is 10.2. The fourth-order valence-electron chi connectivity index (χ4n) is 1.12. The quantitative estimate of drug-likeness (QED) is 0.398. The number of aldehydes is 1. The second kappa shape index (κ2) is 5.70. The summed E-state index contributed by atoms with van der Waals surface area (Å²) in [5.41, 5.74) is 1.88. The molecule has 0 aliphatic rings. The molecule has 70 valence electrons. The molecule has 1 aromatic heterocycles. The monoisotopic (exact) mass is 194 g/mol. The molecule has 0 aliphatic heterocycles. The van der Waals surface area contributed by atoms with Crippen LogP contribution in [-0.2, 0) is 4.79 Å². The van der Waals surface area contributed by atoms with Crippen LogP contribution < -0.4 is 0 Å². The highest BCUT2D eigenvalue weighted by Crippen LogP contribution is 2.16. The number of allylic oxidation sites excluding steroid dienone is 2. The van der Waals surface area contributed by atoms with Crippen LogP contribution in [0.2, 0.25) is 0 Å². The Labute approximate surface area is 83.1 Å². The van der Waals surface area contributed by atoms with Gasteiger partial charge >= 0.3 is 0 Å². The zero-order chi connectivity index (χ0) is 9.52. The number of thiophene rings is 1. The average molecular weight is 194 g/mol. The van der Waals surface area contributed by atoms with E-state index in [0.717, 1.165) is 30.3 Å². The van der Waals surface area contributed by atoms with Crippen molar-refractivity contribution in [3.63, 3.8) is 0 Å². The summed E-state index contributed by atoms with van der Waals surface area (Å²) in [5.74, 6) is 0. The van der Waals surface area contributed by atoms with Gasteiger partial charge in [0.05, 0.1) is 0 Å². The Hall–Kier alpha value is -0.890. The lowest BCUT2D eigenvalue weighted by Gasteiger charge is -1.95. The summed E-state index contributed by atoms with van der Waals surface area (Å²) in [7, 11) is 0. The van der Waals surface area contributed by atoms with Gasteiger partial charge in [0.25, 0.3) is 0 Å². The number of carbonyl (C=O) groups is 1. The van der Waals surface area contributed by atoms with Crippen molar-refractivity contribution in [2.24, 2.45) is 0 Å². The molecule has 0 N–H and O–H groups in total. The van der Waals surface area contributed by atoms with Gasteiger partial charge < -0.3 is 0 Å². The highest BCUT2D eigenvalue weighted by molar-refractivity contribution is 7.08. The fourth-order valence-corrected chi connectivity index (χ4v) is 1.79. The molecular weight excluding hydrogens is 180 g/mol. The lowest BCUT2D eigenvalue weighted by atomic mass is 10.1. The minimum Gasteiger partial charge on any atom is -0.298 e. The van der Waals surface area contributed by atoms with E-state index in [2.05, 4.69) is 6.92 Å². The van der Waals surface area contributed by atoms with Crippen LogP contribution in [0, 0.1) is 0 Å². The molecule has 0 saturated heterocycles. The molecule has 0 unspecified atom stereocenters. The molecular formula is C11H14OS. The van der Waals surface area contributed by atoms with Crippen molar-refractivity contribution in [3.8, 4) is 0 Å². The minimum absolute atomic E-state index is 0.828. The van der Waals surface area contributed by atoms with E-state index in [-0.39, 0.29) is 0 Å². The Morgan fingerprint density at radius 1 is 1.62 bits per heavy atom. The Balaban J connectivity index is 2.62. The molecule has 0 aromatic carbocycles. The van der Waals surface area contributed by atoms with Gasteiger partial charge in [-0.05, 0) is 28.8 Å². The summed E-state index contributed by atoms with van der Waals surface area (Å²) < 4.78 is 0. The zero-order valence-corrected chi connectivity index (χ0v) is 8.64. The van der Waals surface area contributed by atoms with Crippen molar-refractivity contribution in [2.45, 2.75) is 26.2 Å². The zero-order valence-electron chi connectivity index (χ0n) is 7.82. The molecule has 0 radical (unpaired) electrons. The van der Waals surface area contributed by atoms with Crippen LogP contribution in [0.25, 0.3) is 5.57 Å². The van der Waals surface area contributed by atoms with Crippen LogP contribution in [0.15, 0.2) is 22.9 Å². The Morgan fingerprint density at radius 2 is 2.46 bits per heavy atom. The van der Waals surface area contributed by atoms with Gasteiger partial charge in [-0.3, -0.25) is 4.79 Å². The number of rotatable bonds is 5. The molecule has 1 aromatic rings. The van der Waals surface area contributed by atoms with Gasteiger partial charge in [0.15, 0.2) is 0 Å². The van der Waals surface area contributed by atoms with Gasteiger partial charge in [0, 0.05) is 5.57 Å². The number of hydrogen-bond donors (Lipinski definition) is 0. The predicted octanol–water partition coefficient (Wildman–Crippen LogP) is 3.52. The van der Waals surface area contributed by atoms with Crippen molar-refractivity contribution < 1.29 is 4.79 Å². The molecule has 13 heavy (non-hydrogen) atoms. The third kappa shape index (κ3) is 3.15. The van der Waals surface area contributed by atoms with Gasteiger partial charge in [0.2, 0.25) is 0 Å². The number of unbranched alkanes of at least 4 members (excludes halogenated alkanes) is 2. The highest BCUT2D eigenvalue weighted by Gasteiger charge is 1.98. The summed E-state index contributed by atoms with van der Waals surface area (Å²) in [6, 6.07) is 1.98. The van der Waals surface area contributed by atoms with Crippen molar-refractivity contribution in [1.29, 1.82) is 0 Å². The molecule has 0 atom stereocenters. The van der Waals surface area contributed by atoms with E-state index in [1.54, 1.807) is 11.3 Å². The molecule has 1 heterocycles. The van der Waals surface area contributed by atoms with Crippen molar-refractivity contribution in [1.82, 2.24) is 0 Å². The molecule has 0 amide bonds. The largest absolute Gasteiger partial charge is 0.298 e. The van der Waals surface area contributed by atoms with Crippen LogP contribution >= 0.6 is 11.3 Å². The topological polar surface area (TPSA) is 17.1 Å². The second-order valence-electron chi connectivity index (χ2n) is 2.93.